The number of unbranched alkanes of at least 4 members (excludes halogenated alkanes) is 2. The molecule has 0 bridgehead atoms. The molecule has 0 aliphatic carbocycles. The van der Waals surface area contributed by atoms with E-state index in [9.17, 15) is 14.9 Å². The number of hydrogen-bond acceptors (Lipinski definition) is 3. The van der Waals surface area contributed by atoms with Crippen LogP contribution in [0.2, 0.25) is 0 Å². The van der Waals surface area contributed by atoms with Crippen molar-refractivity contribution in [3.05, 3.63) is 36.7 Å². The van der Waals surface area contributed by atoms with Gasteiger partial charge >= 0.3 is 0 Å². The minimum atomic E-state index is -0.464. The lowest BCUT2D eigenvalue weighted by molar-refractivity contribution is -0.386. The van der Waals surface area contributed by atoms with Crippen molar-refractivity contribution < 1.29 is 4.92 Å². The second-order valence-corrected chi connectivity index (χ2v) is 5.54. The molecule has 0 N–H and O–H groups in total. The zero-order chi connectivity index (χ0) is 13.7. The molecule has 0 atom stereocenters. The molecule has 0 saturated heterocycles. The fourth-order valence-electron chi connectivity index (χ4n) is 1.61. The number of alkyl halides is 1. The van der Waals surface area contributed by atoms with E-state index in [1.165, 1.54) is 10.8 Å². The quantitative estimate of drug-likeness (QED) is 0.328. The Bertz CT molecular complexity index is 500. The Morgan fingerprint density at radius 1 is 1.39 bits per heavy atom. The molecular weight excluding hydrogens is 368 g/mol. The van der Waals surface area contributed by atoms with Crippen molar-refractivity contribution in [1.82, 2.24) is 4.57 Å². The highest BCUT2D eigenvalue weighted by Crippen LogP contribution is 2.22. The average molecular weight is 382 g/mol. The predicted molar refractivity (Wildman–Crippen MR) is 77.4 cm³/mol. The Kier molecular flexibility index (Phi) is 6.01. The maximum absolute atomic E-state index is 11.9. The Balaban J connectivity index is 2.98. The highest BCUT2D eigenvalue weighted by atomic mass is 79.9. The molecule has 1 rings (SSSR count). The molecule has 0 aliphatic heterocycles. The summed E-state index contributed by atoms with van der Waals surface area (Å²) in [6.07, 6.45) is 4.18. The average Bonchev–Trinajstić information content (AvgIpc) is 2.33. The fourth-order valence-corrected chi connectivity index (χ4v) is 2.43. The van der Waals surface area contributed by atoms with Crippen molar-refractivity contribution >= 4 is 37.5 Å². The third-order valence-electron chi connectivity index (χ3n) is 2.67. The maximum atomic E-state index is 11.9. The van der Waals surface area contributed by atoms with Gasteiger partial charge in [-0.2, -0.15) is 0 Å². The van der Waals surface area contributed by atoms with Crippen LogP contribution in [0.3, 0.4) is 0 Å². The van der Waals surface area contributed by atoms with Gasteiger partial charge in [0, 0.05) is 17.4 Å². The van der Waals surface area contributed by atoms with E-state index in [0.29, 0.717) is 12.1 Å². The van der Waals surface area contributed by atoms with Gasteiger partial charge in [0.2, 0.25) is 0 Å². The summed E-state index contributed by atoms with van der Waals surface area (Å²) < 4.78 is 1.68. The van der Waals surface area contributed by atoms with Gasteiger partial charge in [-0.15, -0.1) is 0 Å². The molecule has 0 aliphatic rings. The van der Waals surface area contributed by atoms with Crippen LogP contribution in [-0.2, 0) is 6.54 Å². The maximum Gasteiger partial charge on any atom is 0.289 e. The van der Waals surface area contributed by atoms with Gasteiger partial charge in [0.25, 0.3) is 11.2 Å². The Hall–Kier alpha value is -0.690. The first kappa shape index (κ1) is 15.4. The minimum absolute atomic E-state index is 0.0260. The standard InChI is InChI=1S/C11H14Br2N2O3/c1-8-9(15(17)18)7-14(11(16)10(8)13)6-4-2-3-5-12/h7H,2-6H2,1H3. The molecule has 5 nitrogen and oxygen atoms in total. The number of nitrogens with zero attached hydrogens (tertiary/aromatic N) is 2. The molecule has 0 aromatic carbocycles. The van der Waals surface area contributed by atoms with E-state index in [1.807, 2.05) is 0 Å². The lowest BCUT2D eigenvalue weighted by atomic mass is 10.2. The van der Waals surface area contributed by atoms with E-state index in [1.54, 1.807) is 6.92 Å². The van der Waals surface area contributed by atoms with Crippen molar-refractivity contribution in [2.45, 2.75) is 32.7 Å². The van der Waals surface area contributed by atoms with Gasteiger partial charge in [0.05, 0.1) is 15.6 Å². The second kappa shape index (κ2) is 7.04. The SMILES string of the molecule is Cc1c([N+](=O)[O-])cn(CCCCCBr)c(=O)c1Br. The monoisotopic (exact) mass is 380 g/mol. The molecule has 7 heteroatoms. The molecule has 0 amide bonds. The van der Waals surface area contributed by atoms with Gasteiger partial charge in [-0.05, 0) is 35.7 Å². The first-order valence-corrected chi connectivity index (χ1v) is 7.50. The van der Waals surface area contributed by atoms with Gasteiger partial charge in [0.1, 0.15) is 0 Å². The van der Waals surface area contributed by atoms with Crippen LogP contribution in [0.25, 0.3) is 0 Å². The van der Waals surface area contributed by atoms with Crippen molar-refractivity contribution in [2.24, 2.45) is 0 Å². The molecule has 0 fully saturated rings. The highest BCUT2D eigenvalue weighted by molar-refractivity contribution is 9.10. The summed E-state index contributed by atoms with van der Waals surface area (Å²) in [7, 11) is 0. The van der Waals surface area contributed by atoms with Crippen LogP contribution in [0.5, 0.6) is 0 Å². The van der Waals surface area contributed by atoms with Gasteiger partial charge in [-0.3, -0.25) is 14.9 Å². The summed E-state index contributed by atoms with van der Waals surface area (Å²) in [6.45, 7) is 2.07. The summed E-state index contributed by atoms with van der Waals surface area (Å²) in [4.78, 5) is 22.3. The molecule has 18 heavy (non-hydrogen) atoms. The zero-order valence-electron chi connectivity index (χ0n) is 9.99. The predicted octanol–water partition coefficient (Wildman–Crippen LogP) is 3.39. The van der Waals surface area contributed by atoms with E-state index < -0.39 is 4.92 Å². The molecule has 100 valence electrons. The molecule has 1 aromatic rings. The molecule has 0 saturated carbocycles. The normalized spacial score (nSPS) is 10.6. The molecule has 0 unspecified atom stereocenters. The van der Waals surface area contributed by atoms with Crippen LogP contribution < -0.4 is 5.56 Å². The third-order valence-corrected chi connectivity index (χ3v) is 4.16. The number of nitro groups is 1. The summed E-state index contributed by atoms with van der Waals surface area (Å²) in [5.41, 5.74) is 0.139. The van der Waals surface area contributed by atoms with E-state index in [-0.39, 0.29) is 15.7 Å². The molecule has 1 aromatic heterocycles. The molecular formula is C11H14Br2N2O3. The number of aryl methyl sites for hydroxylation is 1. The summed E-state index contributed by atoms with van der Waals surface area (Å²) >= 11 is 6.46. The van der Waals surface area contributed by atoms with E-state index in [2.05, 4.69) is 31.9 Å². The minimum Gasteiger partial charge on any atom is -0.308 e. The summed E-state index contributed by atoms with van der Waals surface area (Å²) in [5, 5.41) is 11.8. The number of halogens is 2. The Morgan fingerprint density at radius 2 is 2.06 bits per heavy atom. The first-order valence-electron chi connectivity index (χ1n) is 5.59. The summed E-state index contributed by atoms with van der Waals surface area (Å²) in [6, 6.07) is 0. The third kappa shape index (κ3) is 3.65. The van der Waals surface area contributed by atoms with Crippen LogP contribution in [0.1, 0.15) is 24.8 Å². The van der Waals surface area contributed by atoms with E-state index >= 15 is 0 Å². The van der Waals surface area contributed by atoms with Gasteiger partial charge < -0.3 is 4.57 Å². The second-order valence-electron chi connectivity index (χ2n) is 3.96. The molecule has 0 spiro atoms. The lowest BCUT2D eigenvalue weighted by Gasteiger charge is -2.08. The van der Waals surface area contributed by atoms with E-state index in [0.717, 1.165) is 24.6 Å². The van der Waals surface area contributed by atoms with Crippen LogP contribution in [0, 0.1) is 17.0 Å². The van der Waals surface area contributed by atoms with Gasteiger partial charge in [-0.1, -0.05) is 22.4 Å². The van der Waals surface area contributed by atoms with Crippen molar-refractivity contribution in [2.75, 3.05) is 5.33 Å². The van der Waals surface area contributed by atoms with Crippen LogP contribution in [-0.4, -0.2) is 14.8 Å². The Labute approximate surface area is 122 Å². The fraction of sp³-hybridized carbons (Fsp3) is 0.545. The largest absolute Gasteiger partial charge is 0.308 e. The number of pyridine rings is 1. The smallest absolute Gasteiger partial charge is 0.289 e. The van der Waals surface area contributed by atoms with Crippen molar-refractivity contribution in [1.29, 1.82) is 0 Å². The lowest BCUT2D eigenvalue weighted by Crippen LogP contribution is -2.22. The topological polar surface area (TPSA) is 65.1 Å². The molecule has 0 radical (unpaired) electrons. The van der Waals surface area contributed by atoms with Crippen LogP contribution in [0.4, 0.5) is 5.69 Å². The van der Waals surface area contributed by atoms with Gasteiger partial charge in [-0.25, -0.2) is 0 Å². The van der Waals surface area contributed by atoms with Crippen LogP contribution >= 0.6 is 31.9 Å². The van der Waals surface area contributed by atoms with Crippen LogP contribution in [0.15, 0.2) is 15.5 Å². The van der Waals surface area contributed by atoms with E-state index in [4.69, 9.17) is 0 Å². The first-order chi connectivity index (χ1) is 8.49. The zero-order valence-corrected chi connectivity index (χ0v) is 13.2. The van der Waals surface area contributed by atoms with Crippen molar-refractivity contribution in [3.8, 4) is 0 Å². The number of hydrogen-bond donors (Lipinski definition) is 0. The number of rotatable bonds is 6. The number of aromatic nitrogens is 1. The highest BCUT2D eigenvalue weighted by Gasteiger charge is 2.18. The Morgan fingerprint density at radius 3 is 2.61 bits per heavy atom. The van der Waals surface area contributed by atoms with Gasteiger partial charge in [0.15, 0.2) is 0 Å². The molecule has 1 heterocycles. The summed E-state index contributed by atoms with van der Waals surface area (Å²) in [5.74, 6) is 0. The van der Waals surface area contributed by atoms with Crippen molar-refractivity contribution in [3.63, 3.8) is 0 Å².